The number of rotatable bonds is 4. The van der Waals surface area contributed by atoms with Crippen molar-refractivity contribution in [3.05, 3.63) is 24.3 Å². The average Bonchev–Trinajstić information content (AvgIpc) is 2.60. The van der Waals surface area contributed by atoms with Crippen LogP contribution in [0.5, 0.6) is 0 Å². The lowest BCUT2D eigenvalue weighted by atomic mass is 9.47. The highest BCUT2D eigenvalue weighted by molar-refractivity contribution is 5.91. The Bertz CT molecular complexity index is 694. The lowest BCUT2D eigenvalue weighted by molar-refractivity contribution is -0.167. The zero-order valence-electron chi connectivity index (χ0n) is 16.3. The van der Waals surface area contributed by atoms with Gasteiger partial charge in [-0.1, -0.05) is 0 Å². The molecule has 5 fully saturated rings. The van der Waals surface area contributed by atoms with Crippen molar-refractivity contribution in [2.75, 3.05) is 23.3 Å². The number of anilines is 2. The number of piperidine rings is 1. The van der Waals surface area contributed by atoms with Crippen molar-refractivity contribution in [2.45, 2.75) is 69.8 Å². The van der Waals surface area contributed by atoms with Crippen molar-refractivity contribution < 1.29 is 9.90 Å². The van der Waals surface area contributed by atoms with Crippen LogP contribution >= 0.6 is 0 Å². The average molecular weight is 369 g/mol. The van der Waals surface area contributed by atoms with E-state index in [4.69, 9.17) is 0 Å². The van der Waals surface area contributed by atoms with Gasteiger partial charge in [0.15, 0.2) is 0 Å². The van der Waals surface area contributed by atoms with Crippen LogP contribution in [0.2, 0.25) is 0 Å². The molecule has 1 heterocycles. The summed E-state index contributed by atoms with van der Waals surface area (Å²) in [6.45, 7) is 2.28. The standard InChI is InChI=1S/C23H32N2O2/c26-21(15-22-11-17-10-18(12-22)14-23(27,13-17)16-22)24-19-4-6-20(7-5-19)25-8-2-1-3-9-25/h4-7,17-18,27H,1-3,8-16H2,(H,24,26)/t17-,18-,22?,23?/m1/s1. The van der Waals surface area contributed by atoms with Crippen LogP contribution in [0.1, 0.15) is 64.2 Å². The Morgan fingerprint density at radius 1 is 1.04 bits per heavy atom. The number of carbonyl (C=O) groups is 1. The zero-order chi connectivity index (χ0) is 18.5. The maximum absolute atomic E-state index is 12.8. The van der Waals surface area contributed by atoms with E-state index in [2.05, 4.69) is 22.3 Å². The predicted molar refractivity (Wildman–Crippen MR) is 108 cm³/mol. The number of benzene rings is 1. The highest BCUT2D eigenvalue weighted by Gasteiger charge is 2.57. The van der Waals surface area contributed by atoms with E-state index in [9.17, 15) is 9.90 Å². The fraction of sp³-hybridized carbons (Fsp3) is 0.696. The summed E-state index contributed by atoms with van der Waals surface area (Å²) in [6, 6.07) is 8.34. The Labute approximate surface area is 162 Å². The van der Waals surface area contributed by atoms with Gasteiger partial charge in [0.2, 0.25) is 5.91 Å². The van der Waals surface area contributed by atoms with Crippen LogP contribution in [-0.4, -0.2) is 29.7 Å². The number of amides is 1. The molecule has 6 rings (SSSR count). The van der Waals surface area contributed by atoms with Crippen molar-refractivity contribution in [1.82, 2.24) is 0 Å². The minimum Gasteiger partial charge on any atom is -0.390 e. The number of nitrogens with one attached hydrogen (secondary N) is 1. The third kappa shape index (κ3) is 3.49. The van der Waals surface area contributed by atoms with Crippen LogP contribution < -0.4 is 10.2 Å². The van der Waals surface area contributed by atoms with E-state index in [1.165, 1.54) is 31.4 Å². The monoisotopic (exact) mass is 368 g/mol. The Morgan fingerprint density at radius 2 is 1.70 bits per heavy atom. The van der Waals surface area contributed by atoms with Crippen LogP contribution in [0, 0.1) is 17.3 Å². The molecule has 4 aliphatic carbocycles. The highest BCUT2D eigenvalue weighted by Crippen LogP contribution is 2.62. The second-order valence-corrected chi connectivity index (χ2v) is 10.0. The van der Waals surface area contributed by atoms with Gasteiger partial charge in [0.05, 0.1) is 5.60 Å². The van der Waals surface area contributed by atoms with Gasteiger partial charge < -0.3 is 15.3 Å². The molecule has 0 spiro atoms. The summed E-state index contributed by atoms with van der Waals surface area (Å²) in [5, 5.41) is 14.0. The minimum atomic E-state index is -0.486. The normalized spacial score (nSPS) is 37.4. The van der Waals surface area contributed by atoms with E-state index in [1.54, 1.807) is 0 Å². The first-order valence-electron chi connectivity index (χ1n) is 10.9. The van der Waals surface area contributed by atoms with Crippen molar-refractivity contribution in [1.29, 1.82) is 0 Å². The van der Waals surface area contributed by atoms with Gasteiger partial charge in [0, 0.05) is 30.9 Å². The Hall–Kier alpha value is -1.55. The molecule has 4 nitrogen and oxygen atoms in total. The van der Waals surface area contributed by atoms with Gasteiger partial charge in [-0.25, -0.2) is 0 Å². The second-order valence-electron chi connectivity index (χ2n) is 10.0. The van der Waals surface area contributed by atoms with Gasteiger partial charge in [0.1, 0.15) is 0 Å². The first-order valence-corrected chi connectivity index (χ1v) is 10.9. The van der Waals surface area contributed by atoms with Gasteiger partial charge in [-0.2, -0.15) is 0 Å². The van der Waals surface area contributed by atoms with E-state index in [0.29, 0.717) is 18.3 Å². The van der Waals surface area contributed by atoms with E-state index >= 15 is 0 Å². The summed E-state index contributed by atoms with van der Waals surface area (Å²) in [7, 11) is 0. The Kier molecular flexibility index (Phi) is 4.23. The van der Waals surface area contributed by atoms with Crippen LogP contribution in [0.15, 0.2) is 24.3 Å². The third-order valence-corrected chi connectivity index (χ3v) is 7.56. The molecular formula is C23H32N2O2. The second kappa shape index (κ2) is 6.51. The minimum absolute atomic E-state index is 0.0384. The molecule has 1 aliphatic heterocycles. The Balaban J connectivity index is 1.22. The van der Waals surface area contributed by atoms with Gasteiger partial charge in [-0.15, -0.1) is 0 Å². The molecule has 4 bridgehead atoms. The molecule has 1 aromatic rings. The molecule has 1 amide bonds. The van der Waals surface area contributed by atoms with E-state index in [0.717, 1.165) is 50.9 Å². The van der Waals surface area contributed by atoms with Crippen LogP contribution in [0.3, 0.4) is 0 Å². The number of aliphatic hydroxyl groups is 1. The molecule has 1 saturated heterocycles. The molecule has 0 aromatic heterocycles. The fourth-order valence-corrected chi connectivity index (χ4v) is 7.06. The first kappa shape index (κ1) is 17.5. The van der Waals surface area contributed by atoms with Crippen molar-refractivity contribution >= 4 is 17.3 Å². The zero-order valence-corrected chi connectivity index (χ0v) is 16.3. The summed E-state index contributed by atoms with van der Waals surface area (Å²) < 4.78 is 0. The Morgan fingerprint density at radius 3 is 2.33 bits per heavy atom. The van der Waals surface area contributed by atoms with Gasteiger partial charge in [0.25, 0.3) is 0 Å². The smallest absolute Gasteiger partial charge is 0.224 e. The molecule has 0 radical (unpaired) electrons. The van der Waals surface area contributed by atoms with Crippen LogP contribution in [-0.2, 0) is 4.79 Å². The molecule has 0 unspecified atom stereocenters. The fourth-order valence-electron chi connectivity index (χ4n) is 7.06. The summed E-state index contributed by atoms with van der Waals surface area (Å²) >= 11 is 0. The van der Waals surface area contributed by atoms with E-state index in [-0.39, 0.29) is 11.3 Å². The quantitative estimate of drug-likeness (QED) is 0.831. The molecular weight excluding hydrogens is 336 g/mol. The number of nitrogens with zero attached hydrogens (tertiary/aromatic N) is 1. The van der Waals surface area contributed by atoms with Gasteiger partial charge in [-0.05, 0) is 99.3 Å². The van der Waals surface area contributed by atoms with Crippen LogP contribution in [0.4, 0.5) is 11.4 Å². The van der Waals surface area contributed by atoms with Gasteiger partial charge >= 0.3 is 0 Å². The number of carbonyl (C=O) groups excluding carboxylic acids is 1. The van der Waals surface area contributed by atoms with Crippen LogP contribution in [0.25, 0.3) is 0 Å². The molecule has 4 saturated carbocycles. The molecule has 1 aromatic carbocycles. The molecule has 2 atom stereocenters. The van der Waals surface area contributed by atoms with Crippen molar-refractivity contribution in [2.24, 2.45) is 17.3 Å². The SMILES string of the molecule is O=C(CC12C[C@H]3C[C@@H](CC(O)(C3)C1)C2)Nc1ccc(N2CCCCC2)cc1. The molecule has 146 valence electrons. The van der Waals surface area contributed by atoms with E-state index in [1.807, 2.05) is 12.1 Å². The largest absolute Gasteiger partial charge is 0.390 e. The molecule has 2 N–H and O–H groups in total. The van der Waals surface area contributed by atoms with Crippen molar-refractivity contribution in [3.8, 4) is 0 Å². The number of hydrogen-bond donors (Lipinski definition) is 2. The summed E-state index contributed by atoms with van der Waals surface area (Å²) in [4.78, 5) is 15.2. The topological polar surface area (TPSA) is 52.6 Å². The summed E-state index contributed by atoms with van der Waals surface area (Å²) in [5.74, 6) is 1.38. The lowest BCUT2D eigenvalue weighted by Gasteiger charge is -2.60. The van der Waals surface area contributed by atoms with E-state index < -0.39 is 5.60 Å². The lowest BCUT2D eigenvalue weighted by Crippen LogP contribution is -2.56. The first-order chi connectivity index (χ1) is 13.0. The maximum atomic E-state index is 12.8. The molecule has 5 aliphatic rings. The van der Waals surface area contributed by atoms with Gasteiger partial charge in [-0.3, -0.25) is 4.79 Å². The molecule has 27 heavy (non-hydrogen) atoms. The molecule has 4 heteroatoms. The van der Waals surface area contributed by atoms with Crippen molar-refractivity contribution in [3.63, 3.8) is 0 Å². The number of hydrogen-bond acceptors (Lipinski definition) is 3. The summed E-state index contributed by atoms with van der Waals surface area (Å²) in [6.07, 6.45) is 10.7. The highest BCUT2D eigenvalue weighted by atomic mass is 16.3. The maximum Gasteiger partial charge on any atom is 0.224 e. The predicted octanol–water partition coefficient (Wildman–Crippen LogP) is 4.34. The third-order valence-electron chi connectivity index (χ3n) is 7.56. The summed E-state index contributed by atoms with van der Waals surface area (Å²) in [5.41, 5.74) is 1.71.